The molecule has 0 aromatic heterocycles. The van der Waals surface area contributed by atoms with E-state index >= 15 is 0 Å². The summed E-state index contributed by atoms with van der Waals surface area (Å²) in [4.78, 5) is 0. The van der Waals surface area contributed by atoms with E-state index in [1.54, 1.807) is 7.11 Å². The molecule has 2 aliphatic rings. The molecule has 0 amide bonds. The van der Waals surface area contributed by atoms with Crippen molar-refractivity contribution in [2.45, 2.75) is 57.0 Å². The van der Waals surface area contributed by atoms with Gasteiger partial charge in [-0.25, -0.2) is 0 Å². The Morgan fingerprint density at radius 2 is 1.35 bits per heavy atom. The van der Waals surface area contributed by atoms with Crippen LogP contribution in [0, 0.1) is 11.8 Å². The van der Waals surface area contributed by atoms with Gasteiger partial charge in [-0.15, -0.1) is 0 Å². The van der Waals surface area contributed by atoms with E-state index in [1.165, 1.54) is 51.4 Å². The molecule has 98 valence electrons. The van der Waals surface area contributed by atoms with Crippen LogP contribution in [-0.4, -0.2) is 19.8 Å². The minimum absolute atomic E-state index is 0.0526. The highest BCUT2D eigenvalue weighted by Crippen LogP contribution is 2.47. The van der Waals surface area contributed by atoms with Crippen molar-refractivity contribution < 1.29 is 9.47 Å². The molecule has 0 saturated heterocycles. The Morgan fingerprint density at radius 1 is 0.882 bits per heavy atom. The van der Waals surface area contributed by atoms with Crippen LogP contribution in [0.3, 0.4) is 0 Å². The van der Waals surface area contributed by atoms with Crippen LogP contribution in [0.5, 0.6) is 0 Å². The smallest absolute Gasteiger partial charge is 0.0946 e. The average molecular weight is 238 g/mol. The first kappa shape index (κ1) is 12.9. The molecule has 0 aromatic rings. The van der Waals surface area contributed by atoms with Crippen molar-refractivity contribution in [2.75, 3.05) is 14.2 Å². The van der Waals surface area contributed by atoms with Gasteiger partial charge < -0.3 is 9.47 Å². The number of methoxy groups -OCH3 is 2. The lowest BCUT2D eigenvalue weighted by Crippen LogP contribution is -2.43. The maximum absolute atomic E-state index is 6.04. The standard InChI is InChI=1S/C15H26O2/c1-16-12-11-15(17-2,13-7-3-4-8-13)14-9-5-6-10-14/h11-14H,3-10H2,1-2H3. The second-order valence-corrected chi connectivity index (χ2v) is 5.56. The fourth-order valence-electron chi connectivity index (χ4n) is 3.94. The van der Waals surface area contributed by atoms with Crippen molar-refractivity contribution in [1.29, 1.82) is 0 Å². The molecule has 0 aliphatic heterocycles. The fraction of sp³-hybridized carbons (Fsp3) is 0.867. The number of hydrogen-bond acceptors (Lipinski definition) is 2. The summed E-state index contributed by atoms with van der Waals surface area (Å²) in [7, 11) is 3.61. The van der Waals surface area contributed by atoms with Gasteiger partial charge in [-0.3, -0.25) is 0 Å². The van der Waals surface area contributed by atoms with Crippen molar-refractivity contribution in [3.05, 3.63) is 12.3 Å². The van der Waals surface area contributed by atoms with Crippen molar-refractivity contribution in [3.8, 4) is 0 Å². The quantitative estimate of drug-likeness (QED) is 0.676. The predicted octanol–water partition coefficient (Wildman–Crippen LogP) is 3.91. The molecule has 2 aliphatic carbocycles. The highest BCUT2D eigenvalue weighted by Gasteiger charge is 2.45. The SMILES string of the molecule is COC=CC(OC)(C1CCCC1)C1CCCC1. The van der Waals surface area contributed by atoms with Crippen LogP contribution in [0.1, 0.15) is 51.4 Å². The second kappa shape index (κ2) is 5.90. The first-order valence-electron chi connectivity index (χ1n) is 7.09. The third-order valence-corrected chi connectivity index (χ3v) is 4.80. The maximum atomic E-state index is 6.04. The number of rotatable bonds is 5. The highest BCUT2D eigenvalue weighted by molar-refractivity contribution is 5.09. The van der Waals surface area contributed by atoms with Gasteiger partial charge in [0.1, 0.15) is 0 Å². The van der Waals surface area contributed by atoms with Crippen LogP contribution in [0.15, 0.2) is 12.3 Å². The zero-order chi connectivity index (χ0) is 12.1. The number of hydrogen-bond donors (Lipinski definition) is 0. The fourth-order valence-corrected chi connectivity index (χ4v) is 3.94. The molecule has 2 fully saturated rings. The molecule has 0 spiro atoms. The van der Waals surface area contributed by atoms with Crippen molar-refractivity contribution in [2.24, 2.45) is 11.8 Å². The van der Waals surface area contributed by atoms with Crippen LogP contribution in [0.2, 0.25) is 0 Å². The summed E-state index contributed by atoms with van der Waals surface area (Å²) in [5.74, 6) is 1.39. The summed E-state index contributed by atoms with van der Waals surface area (Å²) >= 11 is 0. The van der Waals surface area contributed by atoms with E-state index in [4.69, 9.17) is 9.47 Å². The molecule has 0 bridgehead atoms. The number of ether oxygens (including phenoxy) is 2. The largest absolute Gasteiger partial charge is 0.505 e. The molecule has 2 heteroatoms. The van der Waals surface area contributed by atoms with E-state index in [1.807, 2.05) is 13.4 Å². The molecule has 17 heavy (non-hydrogen) atoms. The van der Waals surface area contributed by atoms with Gasteiger partial charge in [0.25, 0.3) is 0 Å². The Morgan fingerprint density at radius 3 is 1.71 bits per heavy atom. The van der Waals surface area contributed by atoms with Gasteiger partial charge in [0.05, 0.1) is 19.0 Å². The lowest BCUT2D eigenvalue weighted by atomic mass is 9.74. The molecule has 2 saturated carbocycles. The first-order valence-corrected chi connectivity index (χ1v) is 7.09. The molecule has 0 atom stereocenters. The zero-order valence-electron chi connectivity index (χ0n) is 11.3. The molecule has 2 rings (SSSR count). The molecule has 0 radical (unpaired) electrons. The van der Waals surface area contributed by atoms with Gasteiger partial charge in [-0.2, -0.15) is 0 Å². The molecule has 0 heterocycles. The predicted molar refractivity (Wildman–Crippen MR) is 69.8 cm³/mol. The zero-order valence-corrected chi connectivity index (χ0v) is 11.3. The van der Waals surface area contributed by atoms with Crippen LogP contribution in [0.4, 0.5) is 0 Å². The summed E-state index contributed by atoms with van der Waals surface area (Å²) in [5.41, 5.74) is -0.0526. The summed E-state index contributed by atoms with van der Waals surface area (Å²) in [6.45, 7) is 0. The monoisotopic (exact) mass is 238 g/mol. The molecular weight excluding hydrogens is 212 g/mol. The highest BCUT2D eigenvalue weighted by atomic mass is 16.5. The Hall–Kier alpha value is -0.500. The van der Waals surface area contributed by atoms with Gasteiger partial charge >= 0.3 is 0 Å². The van der Waals surface area contributed by atoms with Crippen molar-refractivity contribution in [1.82, 2.24) is 0 Å². The van der Waals surface area contributed by atoms with Crippen LogP contribution in [0.25, 0.3) is 0 Å². The normalized spacial score (nSPS) is 23.9. The average Bonchev–Trinajstić information content (AvgIpc) is 3.04. The van der Waals surface area contributed by atoms with Crippen molar-refractivity contribution in [3.63, 3.8) is 0 Å². The molecule has 0 N–H and O–H groups in total. The Kier molecular flexibility index (Phi) is 4.49. The second-order valence-electron chi connectivity index (χ2n) is 5.56. The summed E-state index contributed by atoms with van der Waals surface area (Å²) in [5, 5.41) is 0. The van der Waals surface area contributed by atoms with E-state index in [9.17, 15) is 0 Å². The minimum atomic E-state index is -0.0526. The third kappa shape index (κ3) is 2.52. The van der Waals surface area contributed by atoms with Gasteiger partial charge in [-0.1, -0.05) is 25.7 Å². The molecule has 0 aromatic carbocycles. The summed E-state index contributed by atoms with van der Waals surface area (Å²) < 4.78 is 11.2. The first-order chi connectivity index (χ1) is 8.33. The lowest BCUT2D eigenvalue weighted by Gasteiger charge is -2.40. The van der Waals surface area contributed by atoms with Crippen LogP contribution >= 0.6 is 0 Å². The van der Waals surface area contributed by atoms with Gasteiger partial charge in [0, 0.05) is 7.11 Å². The Bertz CT molecular complexity index is 232. The molecule has 0 unspecified atom stereocenters. The van der Waals surface area contributed by atoms with E-state index in [-0.39, 0.29) is 5.60 Å². The van der Waals surface area contributed by atoms with Crippen molar-refractivity contribution >= 4 is 0 Å². The Balaban J connectivity index is 2.20. The van der Waals surface area contributed by atoms with E-state index < -0.39 is 0 Å². The van der Waals surface area contributed by atoms with Gasteiger partial charge in [0.2, 0.25) is 0 Å². The van der Waals surface area contributed by atoms with E-state index in [0.29, 0.717) is 11.8 Å². The summed E-state index contributed by atoms with van der Waals surface area (Å²) in [6, 6.07) is 0. The topological polar surface area (TPSA) is 18.5 Å². The molecular formula is C15H26O2. The third-order valence-electron chi connectivity index (χ3n) is 4.80. The lowest BCUT2D eigenvalue weighted by molar-refractivity contribution is -0.0615. The Labute approximate surface area is 105 Å². The van der Waals surface area contributed by atoms with Gasteiger partial charge in [-0.05, 0) is 43.6 Å². The van der Waals surface area contributed by atoms with Crippen LogP contribution in [-0.2, 0) is 9.47 Å². The van der Waals surface area contributed by atoms with E-state index in [2.05, 4.69) is 6.08 Å². The minimum Gasteiger partial charge on any atom is -0.505 e. The summed E-state index contributed by atoms with van der Waals surface area (Å²) in [6.07, 6.45) is 14.8. The molecule has 2 nitrogen and oxygen atoms in total. The van der Waals surface area contributed by atoms with Crippen LogP contribution < -0.4 is 0 Å². The van der Waals surface area contributed by atoms with Gasteiger partial charge in [0.15, 0.2) is 0 Å². The maximum Gasteiger partial charge on any atom is 0.0946 e. The van der Waals surface area contributed by atoms with E-state index in [0.717, 1.165) is 0 Å².